The van der Waals surface area contributed by atoms with E-state index in [1.165, 1.54) is 11.6 Å². The summed E-state index contributed by atoms with van der Waals surface area (Å²) in [6.45, 7) is 4.24. The SMILES string of the molecule is CCCC(C)NN(N)NI. The molecule has 0 aliphatic carbocycles. The Labute approximate surface area is 75.9 Å². The van der Waals surface area contributed by atoms with E-state index in [1.54, 1.807) is 0 Å². The van der Waals surface area contributed by atoms with Gasteiger partial charge in [0.15, 0.2) is 0 Å². The molecule has 0 rings (SSSR count). The Morgan fingerprint density at radius 3 is 2.70 bits per heavy atom. The van der Waals surface area contributed by atoms with Crippen molar-refractivity contribution in [1.82, 2.24) is 14.3 Å². The molecule has 0 amide bonds. The summed E-state index contributed by atoms with van der Waals surface area (Å²) < 4.78 is 2.72. The van der Waals surface area contributed by atoms with Gasteiger partial charge in [-0.2, -0.15) is 3.64 Å². The lowest BCUT2D eigenvalue weighted by Crippen LogP contribution is -2.52. The summed E-state index contributed by atoms with van der Waals surface area (Å²) >= 11 is 1.96. The molecule has 10 heavy (non-hydrogen) atoms. The number of halogens is 1. The van der Waals surface area contributed by atoms with Gasteiger partial charge in [-0.15, -0.1) is 5.23 Å². The van der Waals surface area contributed by atoms with Crippen LogP contribution in [0, 0.1) is 0 Å². The Morgan fingerprint density at radius 2 is 2.30 bits per heavy atom. The minimum Gasteiger partial charge on any atom is -0.240 e. The van der Waals surface area contributed by atoms with Crippen molar-refractivity contribution in [1.29, 1.82) is 0 Å². The van der Waals surface area contributed by atoms with Crippen molar-refractivity contribution in [2.75, 3.05) is 0 Å². The van der Waals surface area contributed by atoms with Crippen LogP contribution in [0.15, 0.2) is 0 Å². The Morgan fingerprint density at radius 1 is 1.70 bits per heavy atom. The fourth-order valence-electron chi connectivity index (χ4n) is 0.759. The van der Waals surface area contributed by atoms with Crippen LogP contribution in [-0.4, -0.2) is 11.3 Å². The van der Waals surface area contributed by atoms with Crippen LogP contribution < -0.4 is 14.9 Å². The van der Waals surface area contributed by atoms with Crippen LogP contribution in [0.25, 0.3) is 0 Å². The molecule has 5 heteroatoms. The highest BCUT2D eigenvalue weighted by molar-refractivity contribution is 14.1. The van der Waals surface area contributed by atoms with Gasteiger partial charge in [-0.25, -0.2) is 11.3 Å². The third-order valence-electron chi connectivity index (χ3n) is 1.17. The maximum atomic E-state index is 5.41. The predicted octanol–water partition coefficient (Wildman–Crippen LogP) is 0.710. The Bertz CT molecular complexity index is 80.0. The summed E-state index contributed by atoms with van der Waals surface area (Å²) in [4.78, 5) is 0. The molecule has 0 aromatic heterocycles. The molecule has 0 aromatic carbocycles. The Hall–Kier alpha value is 0.570. The van der Waals surface area contributed by atoms with E-state index in [1.807, 2.05) is 22.9 Å². The van der Waals surface area contributed by atoms with Crippen LogP contribution in [0.1, 0.15) is 26.7 Å². The Kier molecular flexibility index (Phi) is 6.65. The number of rotatable bonds is 5. The zero-order chi connectivity index (χ0) is 7.98. The van der Waals surface area contributed by atoms with E-state index in [0.717, 1.165) is 6.42 Å². The monoisotopic (exact) mass is 258 g/mol. The molecule has 4 N–H and O–H groups in total. The van der Waals surface area contributed by atoms with E-state index in [9.17, 15) is 0 Å². The first-order valence-electron chi connectivity index (χ1n) is 3.38. The van der Waals surface area contributed by atoms with Crippen molar-refractivity contribution < 1.29 is 0 Å². The van der Waals surface area contributed by atoms with Crippen molar-refractivity contribution in [3.05, 3.63) is 0 Å². The number of nitrogens with zero attached hydrogens (tertiary/aromatic N) is 1. The zero-order valence-electron chi connectivity index (χ0n) is 6.39. The second-order valence-electron chi connectivity index (χ2n) is 2.27. The third-order valence-corrected chi connectivity index (χ3v) is 1.69. The second-order valence-corrected chi connectivity index (χ2v) is 2.76. The summed E-state index contributed by atoms with van der Waals surface area (Å²) in [5.41, 5.74) is 3.02. The van der Waals surface area contributed by atoms with Crippen molar-refractivity contribution in [3.8, 4) is 0 Å². The summed E-state index contributed by atoms with van der Waals surface area (Å²) in [5, 5.41) is 1.36. The summed E-state index contributed by atoms with van der Waals surface area (Å²) in [6.07, 6.45) is 2.30. The van der Waals surface area contributed by atoms with Gasteiger partial charge < -0.3 is 0 Å². The van der Waals surface area contributed by atoms with Gasteiger partial charge in [0.05, 0.1) is 0 Å². The van der Waals surface area contributed by atoms with Crippen LogP contribution in [0.4, 0.5) is 0 Å². The highest BCUT2D eigenvalue weighted by atomic mass is 127. The van der Waals surface area contributed by atoms with Crippen LogP contribution in [0.3, 0.4) is 0 Å². The molecule has 0 bridgehead atoms. The van der Waals surface area contributed by atoms with E-state index >= 15 is 0 Å². The van der Waals surface area contributed by atoms with E-state index in [0.29, 0.717) is 6.04 Å². The molecule has 0 saturated carbocycles. The van der Waals surface area contributed by atoms with Gasteiger partial charge in [0.25, 0.3) is 0 Å². The smallest absolute Gasteiger partial charge is 0.0361 e. The van der Waals surface area contributed by atoms with Gasteiger partial charge in [-0.3, -0.25) is 0 Å². The largest absolute Gasteiger partial charge is 0.240 e. The number of hydrogen-bond acceptors (Lipinski definition) is 4. The first-order chi connectivity index (χ1) is 4.70. The van der Waals surface area contributed by atoms with Gasteiger partial charge in [0.2, 0.25) is 0 Å². The highest BCUT2D eigenvalue weighted by Crippen LogP contribution is 1.93. The minimum absolute atomic E-state index is 0.428. The molecule has 4 nitrogen and oxygen atoms in total. The second kappa shape index (κ2) is 6.29. The van der Waals surface area contributed by atoms with Crippen molar-refractivity contribution >= 4 is 22.9 Å². The van der Waals surface area contributed by atoms with Crippen LogP contribution in [0.2, 0.25) is 0 Å². The van der Waals surface area contributed by atoms with Gasteiger partial charge in [-0.1, -0.05) is 13.3 Å². The first-order valence-corrected chi connectivity index (χ1v) is 4.45. The fourth-order valence-corrected chi connectivity index (χ4v) is 0.899. The number of nitrogens with one attached hydrogen (secondary N) is 2. The first kappa shape index (κ1) is 10.6. The third kappa shape index (κ3) is 5.36. The minimum atomic E-state index is 0.428. The normalized spacial score (nSPS) is 14.1. The molecule has 0 fully saturated rings. The topological polar surface area (TPSA) is 53.3 Å². The van der Waals surface area contributed by atoms with Crippen molar-refractivity contribution in [2.24, 2.45) is 5.84 Å². The fraction of sp³-hybridized carbons (Fsp3) is 1.00. The van der Waals surface area contributed by atoms with E-state index in [2.05, 4.69) is 22.9 Å². The summed E-state index contributed by atoms with van der Waals surface area (Å²) in [6, 6.07) is 0.428. The van der Waals surface area contributed by atoms with Crippen LogP contribution in [-0.2, 0) is 0 Å². The molecule has 0 spiro atoms. The van der Waals surface area contributed by atoms with Gasteiger partial charge in [-0.05, 0) is 13.3 Å². The maximum absolute atomic E-state index is 5.41. The number of nitrogens with two attached hydrogens (primary N) is 1. The molecule has 1 atom stereocenters. The van der Waals surface area contributed by atoms with Gasteiger partial charge >= 0.3 is 0 Å². The summed E-state index contributed by atoms with van der Waals surface area (Å²) in [5.74, 6) is 5.41. The lowest BCUT2D eigenvalue weighted by molar-refractivity contribution is 0.147. The van der Waals surface area contributed by atoms with Crippen molar-refractivity contribution in [2.45, 2.75) is 32.7 Å². The molecule has 0 aliphatic heterocycles. The van der Waals surface area contributed by atoms with Crippen molar-refractivity contribution in [3.63, 3.8) is 0 Å². The van der Waals surface area contributed by atoms with Crippen LogP contribution >= 0.6 is 22.9 Å². The molecule has 0 saturated heterocycles. The predicted molar refractivity (Wildman–Crippen MR) is 50.7 cm³/mol. The lowest BCUT2D eigenvalue weighted by Gasteiger charge is -2.19. The average molecular weight is 258 g/mol. The van der Waals surface area contributed by atoms with Gasteiger partial charge in [0.1, 0.15) is 0 Å². The van der Waals surface area contributed by atoms with E-state index in [-0.39, 0.29) is 0 Å². The molecule has 0 radical (unpaired) electrons. The molecular formula is C5H15IN4. The zero-order valence-corrected chi connectivity index (χ0v) is 8.55. The highest BCUT2D eigenvalue weighted by Gasteiger charge is 2.01. The summed E-state index contributed by atoms with van der Waals surface area (Å²) in [7, 11) is 0. The van der Waals surface area contributed by atoms with Gasteiger partial charge in [0, 0.05) is 28.9 Å². The lowest BCUT2D eigenvalue weighted by atomic mass is 10.2. The molecule has 0 heterocycles. The van der Waals surface area contributed by atoms with E-state index in [4.69, 9.17) is 5.84 Å². The Balaban J connectivity index is 3.27. The standard InChI is InChI=1S/C5H15IN4/c1-3-4-5(2)8-10(7)9-6/h5,8-9H,3-4,7H2,1-2H3. The van der Waals surface area contributed by atoms with Crippen LogP contribution in [0.5, 0.6) is 0 Å². The molecular weight excluding hydrogens is 243 g/mol. The molecule has 0 aliphatic rings. The number of hydrogen-bond donors (Lipinski definition) is 3. The molecule has 62 valence electrons. The maximum Gasteiger partial charge on any atom is 0.0361 e. The average Bonchev–Trinajstić information content (AvgIpc) is 1.88. The number of hydrazine groups is 3. The van der Waals surface area contributed by atoms with E-state index < -0.39 is 0 Å². The molecule has 1 unspecified atom stereocenters. The quantitative estimate of drug-likeness (QED) is 0.294. The molecule has 0 aromatic rings.